The molecule has 0 aromatic rings. The molecule has 3 aliphatic carbocycles. The molecular weight excluding hydrogens is 440 g/mol. The molecule has 8 heteroatoms. The summed E-state index contributed by atoms with van der Waals surface area (Å²) in [5, 5.41) is 23.7. The van der Waals surface area contributed by atoms with E-state index in [-0.39, 0.29) is 30.8 Å². The maximum Gasteiger partial charge on any atom is 0.308 e. The highest BCUT2D eigenvalue weighted by Gasteiger charge is 2.75. The van der Waals surface area contributed by atoms with Gasteiger partial charge in [0.2, 0.25) is 5.78 Å². The lowest BCUT2D eigenvalue weighted by Gasteiger charge is -2.58. The number of hydrogen-bond acceptors (Lipinski definition) is 8. The number of rotatable bonds is 5. The van der Waals surface area contributed by atoms with Gasteiger partial charge >= 0.3 is 11.9 Å². The van der Waals surface area contributed by atoms with Crippen LogP contribution in [-0.4, -0.2) is 58.5 Å². The van der Waals surface area contributed by atoms with Crippen molar-refractivity contribution in [1.29, 1.82) is 0 Å². The second-order valence-electron chi connectivity index (χ2n) is 10.9. The summed E-state index contributed by atoms with van der Waals surface area (Å²) in [6.07, 6.45) is 3.81. The van der Waals surface area contributed by atoms with Gasteiger partial charge < -0.3 is 24.4 Å². The number of Topliss-reactive ketones (excluding diaryl/α,β-unsaturated/α-hetero) is 1. The molecule has 186 valence electrons. The summed E-state index contributed by atoms with van der Waals surface area (Å²) in [5.74, 6) is -3.21. The van der Waals surface area contributed by atoms with Crippen LogP contribution in [0.15, 0.2) is 35.6 Å². The number of aliphatic hydroxyl groups is 2. The predicted molar refractivity (Wildman–Crippen MR) is 121 cm³/mol. The molecule has 2 N–H and O–H groups in total. The topological polar surface area (TPSA) is 119 Å². The van der Waals surface area contributed by atoms with E-state index in [1.807, 2.05) is 6.92 Å². The number of allylic oxidation sites excluding steroid dienone is 3. The van der Waals surface area contributed by atoms with Crippen LogP contribution in [0, 0.1) is 22.7 Å². The monoisotopic (exact) mass is 474 g/mol. The number of carbonyl (C=O) groups excluding carboxylic acids is 3. The van der Waals surface area contributed by atoms with Crippen LogP contribution in [0.1, 0.15) is 53.9 Å². The molecule has 4 rings (SSSR count). The summed E-state index contributed by atoms with van der Waals surface area (Å²) in [4.78, 5) is 37.9. The van der Waals surface area contributed by atoms with Gasteiger partial charge in [-0.15, -0.1) is 6.58 Å². The van der Waals surface area contributed by atoms with Crippen LogP contribution in [0.2, 0.25) is 0 Å². The Morgan fingerprint density at radius 2 is 2.00 bits per heavy atom. The molecule has 8 nitrogen and oxygen atoms in total. The molecule has 1 saturated heterocycles. The zero-order chi connectivity index (χ0) is 25.3. The summed E-state index contributed by atoms with van der Waals surface area (Å²) in [5.41, 5.74) is -4.65. The molecule has 1 heterocycles. The van der Waals surface area contributed by atoms with E-state index in [2.05, 4.69) is 6.58 Å². The number of hydrogen-bond donors (Lipinski definition) is 2. The van der Waals surface area contributed by atoms with E-state index in [4.69, 9.17) is 14.2 Å². The van der Waals surface area contributed by atoms with Crippen LogP contribution in [-0.2, 0) is 28.6 Å². The van der Waals surface area contributed by atoms with Crippen molar-refractivity contribution in [1.82, 2.24) is 0 Å². The van der Waals surface area contributed by atoms with E-state index in [1.54, 1.807) is 32.9 Å². The Kier molecular flexibility index (Phi) is 5.65. The van der Waals surface area contributed by atoms with Gasteiger partial charge in [0, 0.05) is 29.4 Å². The van der Waals surface area contributed by atoms with Crippen LogP contribution in [0.3, 0.4) is 0 Å². The number of carbonyl (C=O) groups is 3. The minimum atomic E-state index is -1.73. The summed E-state index contributed by atoms with van der Waals surface area (Å²) in [6.45, 7) is 12.0. The van der Waals surface area contributed by atoms with E-state index >= 15 is 0 Å². The maximum absolute atomic E-state index is 13.6. The third-order valence-electron chi connectivity index (χ3n) is 8.28. The quantitative estimate of drug-likeness (QED) is 0.461. The molecule has 0 bridgehead atoms. The molecule has 2 fully saturated rings. The van der Waals surface area contributed by atoms with Crippen LogP contribution >= 0.6 is 0 Å². The maximum atomic E-state index is 13.6. The van der Waals surface area contributed by atoms with E-state index in [0.29, 0.717) is 12.8 Å². The Labute approximate surface area is 199 Å². The van der Waals surface area contributed by atoms with E-state index in [9.17, 15) is 24.6 Å². The Bertz CT molecular complexity index is 1020. The number of aliphatic hydroxyl groups excluding tert-OH is 1. The Hall–Kier alpha value is -2.45. The van der Waals surface area contributed by atoms with Crippen molar-refractivity contribution in [3.05, 3.63) is 35.6 Å². The summed E-state index contributed by atoms with van der Waals surface area (Å²) >= 11 is 0. The Balaban J connectivity index is 1.93. The zero-order valence-electron chi connectivity index (χ0n) is 20.5. The molecule has 0 unspecified atom stereocenters. The van der Waals surface area contributed by atoms with Gasteiger partial charge in [-0.1, -0.05) is 32.9 Å². The van der Waals surface area contributed by atoms with Gasteiger partial charge in [-0.3, -0.25) is 14.4 Å². The molecule has 34 heavy (non-hydrogen) atoms. The molecule has 1 aliphatic heterocycles. The van der Waals surface area contributed by atoms with Crippen LogP contribution < -0.4 is 0 Å². The van der Waals surface area contributed by atoms with Gasteiger partial charge in [0.15, 0.2) is 5.76 Å². The first-order valence-electron chi connectivity index (χ1n) is 11.8. The zero-order valence-corrected chi connectivity index (χ0v) is 20.5. The summed E-state index contributed by atoms with van der Waals surface area (Å²) in [6, 6.07) is 0. The Morgan fingerprint density at radius 3 is 2.59 bits per heavy atom. The largest absolute Gasteiger partial charge is 0.504 e. The number of ketones is 1. The predicted octanol–water partition coefficient (Wildman–Crippen LogP) is 2.95. The van der Waals surface area contributed by atoms with E-state index in [1.165, 1.54) is 6.92 Å². The smallest absolute Gasteiger partial charge is 0.308 e. The molecule has 1 spiro atoms. The highest BCUT2D eigenvalue weighted by Crippen LogP contribution is 2.66. The van der Waals surface area contributed by atoms with Crippen molar-refractivity contribution in [3.63, 3.8) is 0 Å². The second kappa shape index (κ2) is 7.78. The van der Waals surface area contributed by atoms with Crippen molar-refractivity contribution >= 4 is 17.7 Å². The lowest BCUT2D eigenvalue weighted by atomic mass is 9.49. The van der Waals surface area contributed by atoms with E-state index < -0.39 is 63.5 Å². The van der Waals surface area contributed by atoms with Crippen molar-refractivity contribution < 1.29 is 38.8 Å². The lowest BCUT2D eigenvalue weighted by molar-refractivity contribution is -0.180. The van der Waals surface area contributed by atoms with Crippen molar-refractivity contribution in [2.75, 3.05) is 13.2 Å². The van der Waals surface area contributed by atoms with Gasteiger partial charge in [-0.25, -0.2) is 0 Å². The summed E-state index contributed by atoms with van der Waals surface area (Å²) in [7, 11) is 0. The molecule has 0 aromatic carbocycles. The van der Waals surface area contributed by atoms with Gasteiger partial charge in [0.1, 0.15) is 23.9 Å². The standard InChI is InChI=1S/C26H34O8/c1-7-23(5)8-9-25-17(11-23)19(28)20(29)21-24(6,13-32-22(30)14(2)3)18(34-15(4)27)10-16(12-33-25)26(21,25)31/h7,11,14,16,18,29,31H,1,8-10,12-13H2,2-6H3/t16-,18+,23+,24+,25-,26-/m0/s1. The fourth-order valence-electron chi connectivity index (χ4n) is 6.24. The van der Waals surface area contributed by atoms with Crippen molar-refractivity contribution in [2.45, 2.75) is 71.2 Å². The highest BCUT2D eigenvalue weighted by molar-refractivity contribution is 6.11. The minimum Gasteiger partial charge on any atom is -0.504 e. The molecule has 1 saturated carbocycles. The fraction of sp³-hybridized carbons (Fsp3) is 0.654. The van der Waals surface area contributed by atoms with Crippen LogP contribution in [0.25, 0.3) is 0 Å². The highest BCUT2D eigenvalue weighted by atomic mass is 16.6. The molecule has 0 radical (unpaired) electrons. The minimum absolute atomic E-state index is 0.0286. The average molecular weight is 475 g/mol. The molecule has 0 aromatic heterocycles. The third-order valence-corrected chi connectivity index (χ3v) is 8.28. The van der Waals surface area contributed by atoms with Gasteiger partial charge in [0.05, 0.1) is 17.9 Å². The number of esters is 2. The van der Waals surface area contributed by atoms with Gasteiger partial charge in [-0.2, -0.15) is 0 Å². The first-order valence-corrected chi connectivity index (χ1v) is 11.8. The van der Waals surface area contributed by atoms with Crippen LogP contribution in [0.4, 0.5) is 0 Å². The SMILES string of the molecule is C=C[C@@]1(C)C=C2C(=O)C(O)=C3[C@](C)(COC(=O)C(C)C)[C@H](OC(C)=O)C[C@H]4CO[C@]2(CC1)[C@@]34O. The van der Waals surface area contributed by atoms with Crippen molar-refractivity contribution in [2.24, 2.45) is 22.7 Å². The van der Waals surface area contributed by atoms with Gasteiger partial charge in [-0.05, 0) is 26.2 Å². The number of ether oxygens (including phenoxy) is 3. The average Bonchev–Trinajstić information content (AvgIpc) is 3.05. The molecule has 4 aliphatic rings. The lowest BCUT2D eigenvalue weighted by Crippen LogP contribution is -2.69. The summed E-state index contributed by atoms with van der Waals surface area (Å²) < 4.78 is 17.4. The fourth-order valence-corrected chi connectivity index (χ4v) is 6.24. The first kappa shape index (κ1) is 24.7. The Morgan fingerprint density at radius 1 is 1.32 bits per heavy atom. The molecule has 6 atom stereocenters. The third kappa shape index (κ3) is 3.14. The normalized spacial score (nSPS) is 40.9. The first-order chi connectivity index (χ1) is 15.8. The van der Waals surface area contributed by atoms with E-state index in [0.717, 1.165) is 0 Å². The van der Waals surface area contributed by atoms with Crippen molar-refractivity contribution in [3.8, 4) is 0 Å². The van der Waals surface area contributed by atoms with Gasteiger partial charge in [0.25, 0.3) is 0 Å². The molecule has 0 amide bonds. The second-order valence-corrected chi connectivity index (χ2v) is 10.9. The van der Waals surface area contributed by atoms with Crippen LogP contribution in [0.5, 0.6) is 0 Å². The molecular formula is C26H34O8.